The highest BCUT2D eigenvalue weighted by Crippen LogP contribution is 2.40. The van der Waals surface area contributed by atoms with Crippen molar-refractivity contribution in [1.29, 1.82) is 0 Å². The van der Waals surface area contributed by atoms with Gasteiger partial charge >= 0.3 is 6.03 Å². The summed E-state index contributed by atoms with van der Waals surface area (Å²) in [5.41, 5.74) is 5.47. The third-order valence-electron chi connectivity index (χ3n) is 5.35. The average molecular weight is 438 g/mol. The molecule has 0 radical (unpaired) electrons. The molecule has 3 aromatic rings. The van der Waals surface area contributed by atoms with Crippen LogP contribution in [0.5, 0.6) is 5.88 Å². The summed E-state index contributed by atoms with van der Waals surface area (Å²) >= 11 is 0. The third kappa shape index (κ3) is 4.25. The number of methoxy groups -OCH3 is 1. The monoisotopic (exact) mass is 437 g/mol. The molecule has 1 aromatic heterocycles. The van der Waals surface area contributed by atoms with Crippen LogP contribution in [0, 0.1) is 6.92 Å². The molecular weight excluding hydrogens is 414 g/mol. The first-order chi connectivity index (χ1) is 14.9. The van der Waals surface area contributed by atoms with Crippen LogP contribution in [0.25, 0.3) is 11.1 Å². The number of ether oxygens (including phenoxy) is 1. The number of sulfonamides is 1. The smallest absolute Gasteiger partial charge is 0.333 e. The van der Waals surface area contributed by atoms with Crippen molar-refractivity contribution in [2.45, 2.75) is 31.1 Å². The van der Waals surface area contributed by atoms with Gasteiger partial charge in [-0.25, -0.2) is 22.9 Å². The van der Waals surface area contributed by atoms with E-state index in [1.54, 1.807) is 37.6 Å². The first-order valence-corrected chi connectivity index (χ1v) is 11.4. The molecule has 0 bridgehead atoms. The van der Waals surface area contributed by atoms with E-state index in [0.717, 1.165) is 41.5 Å². The highest BCUT2D eigenvalue weighted by Gasteiger charge is 2.24. The summed E-state index contributed by atoms with van der Waals surface area (Å²) in [6.45, 7) is 1.98. The van der Waals surface area contributed by atoms with Gasteiger partial charge in [0.25, 0.3) is 10.0 Å². The molecule has 0 spiro atoms. The molecule has 0 unspecified atom stereocenters. The molecule has 0 atom stereocenters. The van der Waals surface area contributed by atoms with Gasteiger partial charge in [-0.3, -0.25) is 0 Å². The van der Waals surface area contributed by atoms with Gasteiger partial charge in [-0.05, 0) is 66.6 Å². The van der Waals surface area contributed by atoms with E-state index in [1.165, 1.54) is 17.7 Å². The molecule has 8 heteroatoms. The highest BCUT2D eigenvalue weighted by molar-refractivity contribution is 7.90. The molecule has 160 valence electrons. The van der Waals surface area contributed by atoms with E-state index in [0.29, 0.717) is 11.6 Å². The lowest BCUT2D eigenvalue weighted by Crippen LogP contribution is -2.34. The number of pyridine rings is 1. The van der Waals surface area contributed by atoms with Crippen LogP contribution < -0.4 is 14.8 Å². The summed E-state index contributed by atoms with van der Waals surface area (Å²) in [6.07, 6.45) is 4.36. The van der Waals surface area contributed by atoms with Gasteiger partial charge < -0.3 is 10.1 Å². The minimum atomic E-state index is -3.98. The van der Waals surface area contributed by atoms with Crippen LogP contribution in [0.2, 0.25) is 0 Å². The lowest BCUT2D eigenvalue weighted by molar-refractivity contribution is 0.256. The van der Waals surface area contributed by atoms with Crippen molar-refractivity contribution in [2.75, 3.05) is 12.4 Å². The number of nitrogens with zero attached hydrogens (tertiary/aromatic N) is 1. The standard InChI is InChI=1S/C23H23N3O4S/c1-15-13-16-7-6-10-19(16)22(21(15)17-11-12-24-20(14-17)30-2)25-23(27)26-31(28,29)18-8-4-3-5-9-18/h3-5,8-9,11-14H,6-7,10H2,1-2H3,(H2,25,26,27). The number of aryl methyl sites for hydroxylation is 2. The first kappa shape index (κ1) is 20.9. The van der Waals surface area contributed by atoms with Crippen LogP contribution >= 0.6 is 0 Å². The van der Waals surface area contributed by atoms with Crippen LogP contribution in [-0.2, 0) is 22.9 Å². The van der Waals surface area contributed by atoms with Crippen LogP contribution in [0.3, 0.4) is 0 Å². The molecule has 0 fully saturated rings. The van der Waals surface area contributed by atoms with E-state index in [2.05, 4.69) is 21.1 Å². The quantitative estimate of drug-likeness (QED) is 0.627. The second kappa shape index (κ2) is 8.39. The number of fused-ring (bicyclic) bond motifs is 1. The molecule has 4 rings (SSSR count). The number of carbonyl (C=O) groups is 1. The number of anilines is 1. The van der Waals surface area contributed by atoms with Crippen LogP contribution in [0.1, 0.15) is 23.1 Å². The Morgan fingerprint density at radius 1 is 1.10 bits per heavy atom. The second-order valence-electron chi connectivity index (χ2n) is 7.39. The Bertz CT molecular complexity index is 1240. The number of hydrogen-bond donors (Lipinski definition) is 2. The summed E-state index contributed by atoms with van der Waals surface area (Å²) in [5, 5.41) is 2.82. The molecule has 0 saturated carbocycles. The first-order valence-electron chi connectivity index (χ1n) is 9.93. The predicted octanol–water partition coefficient (Wildman–Crippen LogP) is 4.06. The van der Waals surface area contributed by atoms with Gasteiger partial charge in [0.1, 0.15) is 0 Å². The Kier molecular flexibility index (Phi) is 5.65. The molecule has 0 aliphatic heterocycles. The predicted molar refractivity (Wildman–Crippen MR) is 119 cm³/mol. The molecular formula is C23H23N3O4S. The van der Waals surface area contributed by atoms with E-state index in [9.17, 15) is 13.2 Å². The van der Waals surface area contributed by atoms with Crippen molar-refractivity contribution in [1.82, 2.24) is 9.71 Å². The maximum absolute atomic E-state index is 12.8. The van der Waals surface area contributed by atoms with Crippen molar-refractivity contribution in [3.05, 3.63) is 71.4 Å². The van der Waals surface area contributed by atoms with E-state index < -0.39 is 16.1 Å². The Labute approximate surface area is 181 Å². The van der Waals surface area contributed by atoms with E-state index in [4.69, 9.17) is 4.74 Å². The third-order valence-corrected chi connectivity index (χ3v) is 6.70. The topological polar surface area (TPSA) is 97.4 Å². The van der Waals surface area contributed by atoms with Crippen molar-refractivity contribution in [2.24, 2.45) is 0 Å². The van der Waals surface area contributed by atoms with Gasteiger partial charge in [0.2, 0.25) is 5.88 Å². The van der Waals surface area contributed by atoms with E-state index in [1.807, 2.05) is 13.0 Å². The fraction of sp³-hybridized carbons (Fsp3) is 0.217. The fourth-order valence-electron chi connectivity index (χ4n) is 4.00. The Morgan fingerprint density at radius 2 is 1.87 bits per heavy atom. The number of rotatable bonds is 5. The normalized spacial score (nSPS) is 12.8. The number of nitrogens with one attached hydrogen (secondary N) is 2. The summed E-state index contributed by atoms with van der Waals surface area (Å²) in [7, 11) is -2.44. The summed E-state index contributed by atoms with van der Waals surface area (Å²) < 4.78 is 32.5. The Balaban J connectivity index is 1.73. The molecule has 7 nitrogen and oxygen atoms in total. The van der Waals surface area contributed by atoms with Crippen molar-refractivity contribution >= 4 is 21.7 Å². The zero-order valence-corrected chi connectivity index (χ0v) is 18.1. The molecule has 1 aliphatic carbocycles. The number of carbonyl (C=O) groups excluding carboxylic acids is 1. The zero-order valence-electron chi connectivity index (χ0n) is 17.3. The molecule has 1 aliphatic rings. The lowest BCUT2D eigenvalue weighted by Gasteiger charge is -2.19. The van der Waals surface area contributed by atoms with Gasteiger partial charge in [-0.15, -0.1) is 0 Å². The number of hydrogen-bond acceptors (Lipinski definition) is 5. The van der Waals surface area contributed by atoms with Gasteiger partial charge in [0.05, 0.1) is 17.7 Å². The number of aromatic nitrogens is 1. The minimum Gasteiger partial charge on any atom is -0.481 e. The largest absolute Gasteiger partial charge is 0.481 e. The van der Waals surface area contributed by atoms with Crippen molar-refractivity contribution < 1.29 is 17.9 Å². The summed E-state index contributed by atoms with van der Waals surface area (Å²) in [4.78, 5) is 17.0. The van der Waals surface area contributed by atoms with Gasteiger partial charge in [-0.2, -0.15) is 0 Å². The number of urea groups is 1. The van der Waals surface area contributed by atoms with Gasteiger partial charge in [0.15, 0.2) is 0 Å². The van der Waals surface area contributed by atoms with E-state index >= 15 is 0 Å². The average Bonchev–Trinajstić information content (AvgIpc) is 3.22. The summed E-state index contributed by atoms with van der Waals surface area (Å²) in [5.74, 6) is 0.458. The van der Waals surface area contributed by atoms with Gasteiger partial charge in [0, 0.05) is 17.8 Å². The van der Waals surface area contributed by atoms with E-state index in [-0.39, 0.29) is 4.90 Å². The lowest BCUT2D eigenvalue weighted by atomic mass is 9.93. The molecule has 2 amide bonds. The molecule has 0 saturated heterocycles. The van der Waals surface area contributed by atoms with Gasteiger partial charge in [-0.1, -0.05) is 24.3 Å². The molecule has 31 heavy (non-hydrogen) atoms. The van der Waals surface area contributed by atoms with Crippen LogP contribution in [0.15, 0.2) is 59.6 Å². The molecule has 1 heterocycles. The Morgan fingerprint density at radius 3 is 2.61 bits per heavy atom. The fourth-order valence-corrected chi connectivity index (χ4v) is 4.93. The van der Waals surface area contributed by atoms with Crippen molar-refractivity contribution in [3.63, 3.8) is 0 Å². The number of benzene rings is 2. The minimum absolute atomic E-state index is 0.0266. The number of amides is 2. The molecule has 2 aromatic carbocycles. The van der Waals surface area contributed by atoms with Crippen LogP contribution in [-0.4, -0.2) is 26.5 Å². The maximum atomic E-state index is 12.8. The highest BCUT2D eigenvalue weighted by atomic mass is 32.2. The SMILES string of the molecule is COc1cc(-c2c(C)cc3c(c2NC(=O)NS(=O)(=O)c2ccccc2)CCC3)ccn1. The van der Waals surface area contributed by atoms with Crippen molar-refractivity contribution in [3.8, 4) is 17.0 Å². The summed E-state index contributed by atoms with van der Waals surface area (Å²) in [6, 6.07) is 12.8. The van der Waals surface area contributed by atoms with Crippen LogP contribution in [0.4, 0.5) is 10.5 Å². The zero-order chi connectivity index (χ0) is 22.0. The maximum Gasteiger partial charge on any atom is 0.333 e. The second-order valence-corrected chi connectivity index (χ2v) is 9.08. The molecule has 2 N–H and O–H groups in total. The Hall–Kier alpha value is -3.39.